The number of hydrogen-bond donors (Lipinski definition) is 4. The van der Waals surface area contributed by atoms with Gasteiger partial charge in [-0.3, -0.25) is 0 Å². The molecule has 0 aliphatic carbocycles. The van der Waals surface area contributed by atoms with Gasteiger partial charge in [0.2, 0.25) is 0 Å². The Morgan fingerprint density at radius 3 is 2.50 bits per heavy atom. The Hall–Kier alpha value is -1.99. The molecule has 2 rings (SSSR count). The quantitative estimate of drug-likeness (QED) is 0.405. The average molecular weight is 251 g/mol. The van der Waals surface area contributed by atoms with Crippen LogP contribution in [0.5, 0.6) is 0 Å². The van der Waals surface area contributed by atoms with Crippen LogP contribution >= 0.6 is 0 Å². The Kier molecular flexibility index (Phi) is 3.54. The van der Waals surface area contributed by atoms with Crippen molar-refractivity contribution in [3.8, 4) is 0 Å². The molecule has 0 saturated carbocycles. The lowest BCUT2D eigenvalue weighted by atomic mass is 10.1. The second kappa shape index (κ2) is 5.11. The van der Waals surface area contributed by atoms with Crippen molar-refractivity contribution in [2.45, 2.75) is 0 Å². The van der Waals surface area contributed by atoms with E-state index in [1.165, 1.54) is 4.79 Å². The monoisotopic (exact) mass is 251 g/mol. The van der Waals surface area contributed by atoms with Crippen molar-refractivity contribution in [2.75, 3.05) is 42.8 Å². The zero-order valence-electron chi connectivity index (χ0n) is 9.95. The van der Waals surface area contributed by atoms with E-state index in [-0.39, 0.29) is 13.2 Å². The van der Waals surface area contributed by atoms with E-state index in [9.17, 15) is 0 Å². The third kappa shape index (κ3) is 2.05. The number of anilines is 2. The average Bonchev–Trinajstić information content (AvgIpc) is 2.73. The van der Waals surface area contributed by atoms with Gasteiger partial charge >= 0.3 is 0 Å². The van der Waals surface area contributed by atoms with Crippen LogP contribution in [0.3, 0.4) is 0 Å². The smallest absolute Gasteiger partial charge is 0.117 e. The zero-order chi connectivity index (χ0) is 13.1. The molecular formula is C11H17N5O2. The van der Waals surface area contributed by atoms with Gasteiger partial charge in [-0.05, 0) is 12.1 Å². The van der Waals surface area contributed by atoms with Crippen molar-refractivity contribution < 1.29 is 10.2 Å². The molecule has 1 aromatic carbocycles. The molecule has 0 atom stereocenters. The second-order valence-corrected chi connectivity index (χ2v) is 3.96. The fourth-order valence-corrected chi connectivity index (χ4v) is 2.04. The molecule has 7 heteroatoms. The third-order valence-electron chi connectivity index (χ3n) is 2.85. The predicted molar refractivity (Wildman–Crippen MR) is 70.7 cm³/mol. The van der Waals surface area contributed by atoms with Crippen LogP contribution in [-0.4, -0.2) is 46.4 Å². The molecule has 98 valence electrons. The molecule has 0 bridgehead atoms. The molecule has 1 aromatic heterocycles. The minimum Gasteiger partial charge on any atom is -0.397 e. The zero-order valence-corrected chi connectivity index (χ0v) is 9.95. The number of aromatic nitrogens is 2. The van der Waals surface area contributed by atoms with Crippen LogP contribution in [0.4, 0.5) is 11.4 Å². The van der Waals surface area contributed by atoms with Crippen LogP contribution in [-0.2, 0) is 0 Å². The van der Waals surface area contributed by atoms with Crippen molar-refractivity contribution in [1.29, 1.82) is 0 Å². The van der Waals surface area contributed by atoms with Gasteiger partial charge in [-0.1, -0.05) is 0 Å². The maximum Gasteiger partial charge on any atom is 0.117 e. The highest BCUT2D eigenvalue weighted by atomic mass is 16.3. The number of nitrogens with zero attached hydrogens (tertiary/aromatic N) is 3. The van der Waals surface area contributed by atoms with Gasteiger partial charge in [-0.15, -0.1) is 0 Å². The van der Waals surface area contributed by atoms with Crippen LogP contribution < -0.4 is 16.5 Å². The van der Waals surface area contributed by atoms with Crippen molar-refractivity contribution in [1.82, 2.24) is 9.89 Å². The summed E-state index contributed by atoms with van der Waals surface area (Å²) < 4.78 is 0. The SMILES string of the molecule is Nc1ccc(N(CCO)CCO)c2cnn(N)c12. The summed E-state index contributed by atoms with van der Waals surface area (Å²) in [5, 5.41) is 22.9. The summed E-state index contributed by atoms with van der Waals surface area (Å²) in [5.74, 6) is 5.70. The molecule has 0 aliphatic rings. The molecular weight excluding hydrogens is 234 g/mol. The molecule has 0 radical (unpaired) electrons. The first-order chi connectivity index (χ1) is 8.69. The highest BCUT2D eigenvalue weighted by molar-refractivity contribution is 5.99. The van der Waals surface area contributed by atoms with Crippen LogP contribution in [0, 0.1) is 0 Å². The number of aliphatic hydroxyl groups is 2. The summed E-state index contributed by atoms with van der Waals surface area (Å²) in [6.45, 7) is 0.857. The van der Waals surface area contributed by atoms with E-state index in [1.54, 1.807) is 12.3 Å². The molecule has 0 unspecified atom stereocenters. The Labute approximate surface area is 104 Å². The topological polar surface area (TPSA) is 114 Å². The van der Waals surface area contributed by atoms with Gasteiger partial charge in [0, 0.05) is 24.2 Å². The first-order valence-corrected chi connectivity index (χ1v) is 5.67. The number of aliphatic hydroxyl groups excluding tert-OH is 2. The molecule has 18 heavy (non-hydrogen) atoms. The Morgan fingerprint density at radius 1 is 1.22 bits per heavy atom. The standard InChI is InChI=1S/C11H17N5O2/c12-9-1-2-10(15(3-5-17)4-6-18)8-7-14-16(13)11(8)9/h1-2,7,17-18H,3-6,12-13H2. The van der Waals surface area contributed by atoms with Gasteiger partial charge < -0.3 is 26.7 Å². The first kappa shape index (κ1) is 12.5. The molecule has 0 amide bonds. The molecule has 1 heterocycles. The summed E-state index contributed by atoms with van der Waals surface area (Å²) in [5.41, 5.74) is 7.90. The molecule has 7 nitrogen and oxygen atoms in total. The van der Waals surface area contributed by atoms with E-state index in [1.807, 2.05) is 11.0 Å². The van der Waals surface area contributed by atoms with Gasteiger partial charge in [0.1, 0.15) is 5.52 Å². The van der Waals surface area contributed by atoms with Crippen LogP contribution in [0.15, 0.2) is 18.3 Å². The van der Waals surface area contributed by atoms with Crippen molar-refractivity contribution in [3.05, 3.63) is 18.3 Å². The van der Waals surface area contributed by atoms with Gasteiger partial charge in [-0.25, -0.2) is 0 Å². The van der Waals surface area contributed by atoms with Crippen LogP contribution in [0.25, 0.3) is 10.9 Å². The molecule has 0 saturated heterocycles. The summed E-state index contributed by atoms with van der Waals surface area (Å²) >= 11 is 0. The van der Waals surface area contributed by atoms with Crippen molar-refractivity contribution in [2.24, 2.45) is 0 Å². The minimum absolute atomic E-state index is 0.00261. The Morgan fingerprint density at radius 2 is 1.89 bits per heavy atom. The van der Waals surface area contributed by atoms with Gasteiger partial charge in [0.25, 0.3) is 0 Å². The van der Waals surface area contributed by atoms with E-state index in [4.69, 9.17) is 21.8 Å². The van der Waals surface area contributed by atoms with Crippen molar-refractivity contribution in [3.63, 3.8) is 0 Å². The van der Waals surface area contributed by atoms with Crippen molar-refractivity contribution >= 4 is 22.3 Å². The fourth-order valence-electron chi connectivity index (χ4n) is 2.04. The van der Waals surface area contributed by atoms with Gasteiger partial charge in [0.05, 0.1) is 25.1 Å². The summed E-state index contributed by atoms with van der Waals surface area (Å²) in [6, 6.07) is 3.58. The minimum atomic E-state index is 0.00261. The lowest BCUT2D eigenvalue weighted by Gasteiger charge is -2.23. The summed E-state index contributed by atoms with van der Waals surface area (Å²) in [6.07, 6.45) is 1.63. The number of nitrogens with two attached hydrogens (primary N) is 2. The molecule has 0 aliphatic heterocycles. The normalized spacial score (nSPS) is 11.0. The molecule has 0 spiro atoms. The highest BCUT2D eigenvalue weighted by Gasteiger charge is 2.14. The van der Waals surface area contributed by atoms with E-state index in [0.29, 0.717) is 24.3 Å². The van der Waals surface area contributed by atoms with Crippen LogP contribution in [0.1, 0.15) is 0 Å². The largest absolute Gasteiger partial charge is 0.397 e. The number of benzene rings is 1. The third-order valence-corrected chi connectivity index (χ3v) is 2.85. The molecule has 2 aromatic rings. The fraction of sp³-hybridized carbons (Fsp3) is 0.364. The molecule has 6 N–H and O–H groups in total. The number of nitrogen functional groups attached to an aromatic ring is 2. The van der Waals surface area contributed by atoms with E-state index < -0.39 is 0 Å². The van der Waals surface area contributed by atoms with E-state index in [0.717, 1.165) is 11.1 Å². The van der Waals surface area contributed by atoms with E-state index in [2.05, 4.69) is 5.10 Å². The van der Waals surface area contributed by atoms with Gasteiger partial charge in [-0.2, -0.15) is 9.89 Å². The Bertz CT molecular complexity index is 533. The molecule has 0 fully saturated rings. The highest BCUT2D eigenvalue weighted by Crippen LogP contribution is 2.29. The van der Waals surface area contributed by atoms with Crippen LogP contribution in [0.2, 0.25) is 0 Å². The first-order valence-electron chi connectivity index (χ1n) is 5.67. The summed E-state index contributed by atoms with van der Waals surface area (Å²) in [4.78, 5) is 3.09. The lowest BCUT2D eigenvalue weighted by Crippen LogP contribution is -2.29. The lowest BCUT2D eigenvalue weighted by molar-refractivity contribution is 0.281. The second-order valence-electron chi connectivity index (χ2n) is 3.96. The maximum absolute atomic E-state index is 9.06. The predicted octanol–water partition coefficient (Wildman–Crippen LogP) is -0.877. The maximum atomic E-state index is 9.06. The number of rotatable bonds is 5. The summed E-state index contributed by atoms with van der Waals surface area (Å²) in [7, 11) is 0. The van der Waals surface area contributed by atoms with E-state index >= 15 is 0 Å². The number of hydrogen-bond acceptors (Lipinski definition) is 6. The van der Waals surface area contributed by atoms with Gasteiger partial charge in [0.15, 0.2) is 0 Å². The number of fused-ring (bicyclic) bond motifs is 1. The Balaban J connectivity index is 2.52.